The molecule has 9 heavy (non-hydrogen) atoms. The minimum Gasteiger partial charge on any atom is -0.597 e. The number of hydroxylamine groups is 1. The standard InChI is InChI=1S/C5H12N2O2/c1-4-5(2,3)7(9)6-8/h8H,4H2,1-3H3/b7-6-. The van der Waals surface area contributed by atoms with Gasteiger partial charge in [0.25, 0.3) is 0 Å². The lowest BCUT2D eigenvalue weighted by atomic mass is 10.0. The minimum atomic E-state index is -0.589. The molecular formula is C5H12N2O2. The normalized spacial score (nSPS) is 13.9. The molecule has 4 nitrogen and oxygen atoms in total. The van der Waals surface area contributed by atoms with Crippen LogP contribution in [0.2, 0.25) is 0 Å². The van der Waals surface area contributed by atoms with Crippen molar-refractivity contribution in [2.75, 3.05) is 0 Å². The quantitative estimate of drug-likeness (QED) is 0.352. The summed E-state index contributed by atoms with van der Waals surface area (Å²) < 4.78 is 0. The van der Waals surface area contributed by atoms with Gasteiger partial charge in [0.2, 0.25) is 0 Å². The van der Waals surface area contributed by atoms with Gasteiger partial charge >= 0.3 is 0 Å². The molecule has 0 bridgehead atoms. The Morgan fingerprint density at radius 2 is 2.11 bits per heavy atom. The lowest BCUT2D eigenvalue weighted by Crippen LogP contribution is -2.30. The fourth-order valence-corrected chi connectivity index (χ4v) is 0.256. The average Bonchev–Trinajstić information content (AvgIpc) is 1.86. The Morgan fingerprint density at radius 1 is 1.67 bits per heavy atom. The first-order valence-corrected chi connectivity index (χ1v) is 2.87. The molecule has 0 heterocycles. The maximum atomic E-state index is 10.6. The Morgan fingerprint density at radius 3 is 2.22 bits per heavy atom. The molecular weight excluding hydrogens is 120 g/mol. The summed E-state index contributed by atoms with van der Waals surface area (Å²) in [5.74, 6) is 0. The van der Waals surface area contributed by atoms with Crippen molar-refractivity contribution < 1.29 is 10.1 Å². The molecule has 0 spiro atoms. The summed E-state index contributed by atoms with van der Waals surface area (Å²) in [6.45, 7) is 5.27. The summed E-state index contributed by atoms with van der Waals surface area (Å²) in [6.07, 6.45) is 0.653. The van der Waals surface area contributed by atoms with Crippen molar-refractivity contribution in [3.8, 4) is 0 Å². The Kier molecular flexibility index (Phi) is 2.42. The first-order chi connectivity index (χ1) is 4.04. The molecule has 0 rings (SSSR count). The third kappa shape index (κ3) is 1.87. The van der Waals surface area contributed by atoms with Crippen LogP contribution in [0, 0.1) is 5.21 Å². The average molecular weight is 132 g/mol. The van der Waals surface area contributed by atoms with Crippen LogP contribution in [0.3, 0.4) is 0 Å². The van der Waals surface area contributed by atoms with Crippen LogP contribution in [0.5, 0.6) is 0 Å². The molecule has 0 saturated heterocycles. The maximum absolute atomic E-state index is 10.6. The van der Waals surface area contributed by atoms with Gasteiger partial charge < -0.3 is 10.4 Å². The van der Waals surface area contributed by atoms with E-state index in [2.05, 4.69) is 5.28 Å². The summed E-state index contributed by atoms with van der Waals surface area (Å²) >= 11 is 0. The fraction of sp³-hybridized carbons (Fsp3) is 1.00. The van der Waals surface area contributed by atoms with Gasteiger partial charge in [0, 0.05) is 20.3 Å². The lowest BCUT2D eigenvalue weighted by molar-refractivity contribution is -0.624. The highest BCUT2D eigenvalue weighted by Crippen LogP contribution is 2.11. The first-order valence-electron chi connectivity index (χ1n) is 2.87. The molecule has 0 saturated carbocycles. The highest BCUT2D eigenvalue weighted by atomic mass is 16.6. The minimum absolute atomic E-state index is 0.299. The predicted molar refractivity (Wildman–Crippen MR) is 32.2 cm³/mol. The fourth-order valence-electron chi connectivity index (χ4n) is 0.256. The maximum Gasteiger partial charge on any atom is 0.197 e. The molecule has 0 aromatic heterocycles. The van der Waals surface area contributed by atoms with Crippen LogP contribution in [0.4, 0.5) is 0 Å². The van der Waals surface area contributed by atoms with Gasteiger partial charge in [-0.25, -0.2) is 0 Å². The van der Waals surface area contributed by atoms with E-state index in [-0.39, 0.29) is 0 Å². The van der Waals surface area contributed by atoms with Gasteiger partial charge in [-0.05, 0) is 0 Å². The Labute approximate surface area is 54.4 Å². The van der Waals surface area contributed by atoms with Crippen LogP contribution in [-0.2, 0) is 0 Å². The van der Waals surface area contributed by atoms with Crippen molar-refractivity contribution in [3.63, 3.8) is 0 Å². The highest BCUT2D eigenvalue weighted by molar-refractivity contribution is 4.61. The largest absolute Gasteiger partial charge is 0.597 e. The molecule has 0 aromatic carbocycles. The smallest absolute Gasteiger partial charge is 0.197 e. The van der Waals surface area contributed by atoms with E-state index in [1.54, 1.807) is 13.8 Å². The molecule has 0 aliphatic carbocycles. The van der Waals surface area contributed by atoms with Crippen molar-refractivity contribution in [1.82, 2.24) is 0 Å². The van der Waals surface area contributed by atoms with E-state index in [0.29, 0.717) is 11.3 Å². The zero-order valence-corrected chi connectivity index (χ0v) is 5.96. The summed E-state index contributed by atoms with van der Waals surface area (Å²) in [5.41, 5.74) is -0.589. The Hall–Kier alpha value is -0.800. The second kappa shape index (κ2) is 2.66. The van der Waals surface area contributed by atoms with Gasteiger partial charge in [-0.15, -0.1) is 0 Å². The summed E-state index contributed by atoms with van der Waals surface area (Å²) in [4.78, 5) is 0.299. The van der Waals surface area contributed by atoms with E-state index >= 15 is 0 Å². The topological polar surface area (TPSA) is 58.7 Å². The van der Waals surface area contributed by atoms with Crippen molar-refractivity contribution in [2.24, 2.45) is 5.28 Å². The van der Waals surface area contributed by atoms with Gasteiger partial charge in [-0.2, -0.15) is 0 Å². The number of hydrogen-bond acceptors (Lipinski definition) is 2. The van der Waals surface area contributed by atoms with E-state index in [0.717, 1.165) is 0 Å². The highest BCUT2D eigenvalue weighted by Gasteiger charge is 2.25. The Bertz CT molecular complexity index is 120. The number of nitrogens with zero attached hydrogens (tertiary/aromatic N) is 2. The SMILES string of the molecule is CCC(C)(C)/[N+]([O-])=N/O. The van der Waals surface area contributed by atoms with Gasteiger partial charge in [0.05, 0.1) is 0 Å². The number of rotatable bonds is 2. The van der Waals surface area contributed by atoms with E-state index in [1.807, 2.05) is 6.92 Å². The molecule has 0 atom stereocenters. The third-order valence-electron chi connectivity index (χ3n) is 1.46. The second-order valence-corrected chi connectivity index (χ2v) is 2.53. The van der Waals surface area contributed by atoms with Crippen molar-refractivity contribution in [2.45, 2.75) is 32.7 Å². The van der Waals surface area contributed by atoms with E-state index < -0.39 is 5.54 Å². The molecule has 0 amide bonds. The van der Waals surface area contributed by atoms with Gasteiger partial charge in [-0.1, -0.05) is 11.8 Å². The molecule has 0 aromatic rings. The van der Waals surface area contributed by atoms with E-state index in [4.69, 9.17) is 5.21 Å². The second-order valence-electron chi connectivity index (χ2n) is 2.53. The lowest BCUT2D eigenvalue weighted by Gasteiger charge is -2.16. The summed E-state index contributed by atoms with van der Waals surface area (Å²) in [6, 6.07) is 0. The van der Waals surface area contributed by atoms with E-state index in [9.17, 15) is 5.21 Å². The van der Waals surface area contributed by atoms with E-state index in [1.165, 1.54) is 0 Å². The molecule has 0 aliphatic heterocycles. The molecule has 0 unspecified atom stereocenters. The van der Waals surface area contributed by atoms with Crippen LogP contribution in [-0.4, -0.2) is 15.6 Å². The summed E-state index contributed by atoms with van der Waals surface area (Å²) in [7, 11) is 0. The molecule has 0 aliphatic rings. The van der Waals surface area contributed by atoms with Crippen LogP contribution in [0.25, 0.3) is 0 Å². The van der Waals surface area contributed by atoms with Gasteiger partial charge in [0.15, 0.2) is 10.8 Å². The number of hydrogen-bond donors (Lipinski definition) is 1. The molecule has 1 N–H and O–H groups in total. The molecule has 54 valence electrons. The zero-order chi connectivity index (χ0) is 7.49. The van der Waals surface area contributed by atoms with Crippen molar-refractivity contribution >= 4 is 0 Å². The van der Waals surface area contributed by atoms with Crippen molar-refractivity contribution in [3.05, 3.63) is 5.21 Å². The molecule has 0 radical (unpaired) electrons. The first kappa shape index (κ1) is 8.20. The van der Waals surface area contributed by atoms with Crippen LogP contribution >= 0.6 is 0 Å². The molecule has 4 heteroatoms. The Balaban J connectivity index is 4.14. The zero-order valence-electron chi connectivity index (χ0n) is 5.96. The molecule has 0 fully saturated rings. The third-order valence-corrected chi connectivity index (χ3v) is 1.46. The van der Waals surface area contributed by atoms with Crippen LogP contribution in [0.15, 0.2) is 5.28 Å². The van der Waals surface area contributed by atoms with Gasteiger partial charge in [0.1, 0.15) is 0 Å². The van der Waals surface area contributed by atoms with Crippen LogP contribution < -0.4 is 0 Å². The predicted octanol–water partition coefficient (Wildman–Crippen LogP) is 1.53. The van der Waals surface area contributed by atoms with Gasteiger partial charge in [-0.3, -0.25) is 0 Å². The monoisotopic (exact) mass is 132 g/mol. The van der Waals surface area contributed by atoms with Crippen LogP contribution in [0.1, 0.15) is 27.2 Å². The summed E-state index contributed by atoms with van der Waals surface area (Å²) in [5, 5.41) is 21.1. The van der Waals surface area contributed by atoms with Crippen molar-refractivity contribution in [1.29, 1.82) is 0 Å².